The van der Waals surface area contributed by atoms with E-state index in [4.69, 9.17) is 9.47 Å². The van der Waals surface area contributed by atoms with E-state index in [1.165, 1.54) is 6.07 Å². The van der Waals surface area contributed by atoms with Gasteiger partial charge < -0.3 is 14.8 Å². The quantitative estimate of drug-likeness (QED) is 0.386. The van der Waals surface area contributed by atoms with Gasteiger partial charge in [-0.25, -0.2) is 14.0 Å². The Balaban J connectivity index is 1.69. The molecule has 2 aromatic carbocycles. The maximum atomic E-state index is 15.3. The van der Waals surface area contributed by atoms with Gasteiger partial charge in [0.2, 0.25) is 0 Å². The lowest BCUT2D eigenvalue weighted by Gasteiger charge is -2.29. The second-order valence-corrected chi connectivity index (χ2v) is 11.5. The molecule has 0 aromatic heterocycles. The van der Waals surface area contributed by atoms with Crippen molar-refractivity contribution >= 4 is 35.4 Å². The molecule has 1 aliphatic heterocycles. The molecule has 0 unspecified atom stereocenters. The first kappa shape index (κ1) is 29.5. The number of ketones is 1. The van der Waals surface area contributed by atoms with Crippen LogP contribution in [0.2, 0.25) is 0 Å². The van der Waals surface area contributed by atoms with Crippen LogP contribution in [0.4, 0.5) is 19.7 Å². The monoisotopic (exact) mass is 544 g/mol. The first-order chi connectivity index (χ1) is 18.1. The second kappa shape index (κ2) is 13.6. The summed E-state index contributed by atoms with van der Waals surface area (Å²) in [6, 6.07) is 11.8. The van der Waals surface area contributed by atoms with Gasteiger partial charge in [0.1, 0.15) is 24.1 Å². The highest BCUT2D eigenvalue weighted by molar-refractivity contribution is 7.99. The molecule has 1 heterocycles. The predicted octanol–water partition coefficient (Wildman–Crippen LogP) is 6.28. The third-order valence-corrected chi connectivity index (χ3v) is 7.20. The largest absolute Gasteiger partial charge is 0.444 e. The van der Waals surface area contributed by atoms with Crippen LogP contribution >= 0.6 is 11.8 Å². The van der Waals surface area contributed by atoms with Crippen molar-refractivity contribution < 1.29 is 28.2 Å². The Kier molecular flexibility index (Phi) is 10.6. The fourth-order valence-corrected chi connectivity index (χ4v) is 5.38. The van der Waals surface area contributed by atoms with Crippen molar-refractivity contribution in [2.75, 3.05) is 16.8 Å². The van der Waals surface area contributed by atoms with E-state index in [0.717, 1.165) is 18.4 Å². The number of alkyl carbamates (subject to hydrolysis) is 1. The van der Waals surface area contributed by atoms with Gasteiger partial charge in [-0.1, -0.05) is 49.7 Å². The molecular weight excluding hydrogens is 507 g/mol. The zero-order valence-electron chi connectivity index (χ0n) is 22.5. The van der Waals surface area contributed by atoms with Crippen molar-refractivity contribution in [2.24, 2.45) is 5.92 Å². The average molecular weight is 545 g/mol. The van der Waals surface area contributed by atoms with Crippen LogP contribution in [-0.4, -0.2) is 41.1 Å². The van der Waals surface area contributed by atoms with Gasteiger partial charge in [0, 0.05) is 17.4 Å². The van der Waals surface area contributed by atoms with Gasteiger partial charge in [0.05, 0.1) is 5.69 Å². The van der Waals surface area contributed by atoms with Gasteiger partial charge in [0.25, 0.3) is 0 Å². The van der Waals surface area contributed by atoms with E-state index >= 15 is 4.39 Å². The normalized spacial score (nSPS) is 17.6. The van der Waals surface area contributed by atoms with E-state index < -0.39 is 29.6 Å². The zero-order valence-corrected chi connectivity index (χ0v) is 23.3. The summed E-state index contributed by atoms with van der Waals surface area (Å²) in [6.07, 6.45) is 1.28. The van der Waals surface area contributed by atoms with E-state index in [1.807, 2.05) is 43.3 Å². The van der Waals surface area contributed by atoms with Gasteiger partial charge >= 0.3 is 12.2 Å². The first-order valence-electron chi connectivity index (χ1n) is 13.0. The van der Waals surface area contributed by atoms with Crippen molar-refractivity contribution in [1.29, 1.82) is 0 Å². The standard InChI is InChI=1S/C29H37FN2O5S/c1-5-6-12-21-13-20(14-22-17-38-18-24(26(22)33)31-28(35)37-29(2,3)4)15-23(30)25(21)32-27(34)36-16-19-10-8-7-9-11-19/h7-11,13,15,22,24H,5-6,12,14,16-18H2,1-4H3,(H,31,35)(H,32,34)/t22-,24+/m1/s1. The van der Waals surface area contributed by atoms with E-state index in [1.54, 1.807) is 32.5 Å². The summed E-state index contributed by atoms with van der Waals surface area (Å²) in [5.41, 5.74) is 1.62. The third kappa shape index (κ3) is 9.04. The number of anilines is 1. The lowest BCUT2D eigenvalue weighted by Crippen LogP contribution is -2.50. The highest BCUT2D eigenvalue weighted by Crippen LogP contribution is 2.29. The van der Waals surface area contributed by atoms with Crippen molar-refractivity contribution in [2.45, 2.75) is 71.6 Å². The molecule has 7 nitrogen and oxygen atoms in total. The van der Waals surface area contributed by atoms with Crippen LogP contribution in [0.5, 0.6) is 0 Å². The summed E-state index contributed by atoms with van der Waals surface area (Å²) in [7, 11) is 0. The van der Waals surface area contributed by atoms with E-state index in [-0.39, 0.29) is 24.0 Å². The molecule has 1 fully saturated rings. The Morgan fingerprint density at radius 2 is 1.82 bits per heavy atom. The number of carbonyl (C=O) groups is 3. The SMILES string of the molecule is CCCCc1cc(C[C@@H]2CSC[C@H](NC(=O)OC(C)(C)C)C2=O)cc(F)c1NC(=O)OCc1ccccc1. The van der Waals surface area contributed by atoms with Gasteiger partial charge in [-0.15, -0.1) is 0 Å². The number of hydrogen-bond donors (Lipinski definition) is 2. The summed E-state index contributed by atoms with van der Waals surface area (Å²) in [5.74, 6) is 0.0324. The second-order valence-electron chi connectivity index (χ2n) is 10.4. The van der Waals surface area contributed by atoms with Crippen LogP contribution < -0.4 is 10.6 Å². The molecular formula is C29H37FN2O5S. The number of rotatable bonds is 9. The third-order valence-electron chi connectivity index (χ3n) is 5.99. The van der Waals surface area contributed by atoms with Gasteiger partial charge in [-0.05, 0) is 62.8 Å². The van der Waals surface area contributed by atoms with Crippen LogP contribution in [0.15, 0.2) is 42.5 Å². The Morgan fingerprint density at radius 3 is 2.50 bits per heavy atom. The molecule has 206 valence electrons. The van der Waals surface area contributed by atoms with Gasteiger partial charge in [0.15, 0.2) is 5.78 Å². The Labute approximate surface area is 228 Å². The number of thioether (sulfide) groups is 1. The molecule has 2 amide bonds. The predicted molar refractivity (Wildman–Crippen MR) is 148 cm³/mol. The van der Waals surface area contributed by atoms with Crippen molar-refractivity contribution in [3.8, 4) is 0 Å². The molecule has 0 spiro atoms. The minimum absolute atomic E-state index is 0.0800. The molecule has 0 aliphatic carbocycles. The number of benzene rings is 2. The molecule has 0 saturated carbocycles. The average Bonchev–Trinajstić information content (AvgIpc) is 2.85. The number of unbranched alkanes of at least 4 members (excludes halogenated alkanes) is 1. The maximum absolute atomic E-state index is 15.3. The Morgan fingerprint density at radius 1 is 1.08 bits per heavy atom. The van der Waals surface area contributed by atoms with Crippen LogP contribution in [0, 0.1) is 11.7 Å². The highest BCUT2D eigenvalue weighted by atomic mass is 32.2. The Bertz CT molecular complexity index is 1120. The number of Topliss-reactive ketones (excluding diaryl/α,β-unsaturated/α-hetero) is 1. The smallest absolute Gasteiger partial charge is 0.412 e. The molecule has 1 aliphatic rings. The number of ether oxygens (including phenoxy) is 2. The number of carbonyl (C=O) groups excluding carboxylic acids is 3. The topological polar surface area (TPSA) is 93.7 Å². The molecule has 3 rings (SSSR count). The molecule has 2 aromatic rings. The van der Waals surface area contributed by atoms with Gasteiger partial charge in [-0.3, -0.25) is 10.1 Å². The summed E-state index contributed by atoms with van der Waals surface area (Å²) < 4.78 is 25.9. The van der Waals surface area contributed by atoms with Crippen molar-refractivity contribution in [3.63, 3.8) is 0 Å². The fraction of sp³-hybridized carbons (Fsp3) is 0.483. The molecule has 9 heteroatoms. The summed E-state index contributed by atoms with van der Waals surface area (Å²) in [4.78, 5) is 37.7. The highest BCUT2D eigenvalue weighted by Gasteiger charge is 2.34. The molecule has 38 heavy (non-hydrogen) atoms. The zero-order chi connectivity index (χ0) is 27.7. The summed E-state index contributed by atoms with van der Waals surface area (Å²) in [6.45, 7) is 7.41. The van der Waals surface area contributed by atoms with E-state index in [9.17, 15) is 14.4 Å². The van der Waals surface area contributed by atoms with Crippen LogP contribution in [0.3, 0.4) is 0 Å². The van der Waals surface area contributed by atoms with E-state index in [2.05, 4.69) is 10.6 Å². The lowest BCUT2D eigenvalue weighted by atomic mass is 9.91. The number of hydrogen-bond acceptors (Lipinski definition) is 6. The fourth-order valence-electron chi connectivity index (χ4n) is 4.19. The lowest BCUT2D eigenvalue weighted by molar-refractivity contribution is -0.124. The summed E-state index contributed by atoms with van der Waals surface area (Å²) >= 11 is 1.57. The van der Waals surface area contributed by atoms with Crippen LogP contribution in [0.25, 0.3) is 0 Å². The number of halogens is 1. The van der Waals surface area contributed by atoms with Crippen molar-refractivity contribution in [1.82, 2.24) is 5.32 Å². The molecule has 1 saturated heterocycles. The minimum Gasteiger partial charge on any atom is -0.444 e. The van der Waals surface area contributed by atoms with Gasteiger partial charge in [-0.2, -0.15) is 11.8 Å². The van der Waals surface area contributed by atoms with Crippen LogP contribution in [-0.2, 0) is 33.7 Å². The first-order valence-corrected chi connectivity index (χ1v) is 14.1. The van der Waals surface area contributed by atoms with E-state index in [0.29, 0.717) is 35.5 Å². The number of nitrogens with one attached hydrogen (secondary N) is 2. The molecule has 2 atom stereocenters. The minimum atomic E-state index is -0.729. The number of aryl methyl sites for hydroxylation is 1. The molecule has 0 radical (unpaired) electrons. The van der Waals surface area contributed by atoms with Crippen LogP contribution in [0.1, 0.15) is 57.2 Å². The summed E-state index contributed by atoms with van der Waals surface area (Å²) in [5, 5.41) is 5.26. The Hall–Kier alpha value is -3.07. The molecule has 2 N–H and O–H groups in total. The van der Waals surface area contributed by atoms with Crippen molar-refractivity contribution in [3.05, 3.63) is 65.0 Å². The number of amides is 2. The maximum Gasteiger partial charge on any atom is 0.412 e. The molecule has 0 bridgehead atoms.